The smallest absolute Gasteiger partial charge is 0.482 e. The van der Waals surface area contributed by atoms with E-state index in [2.05, 4.69) is 30.8 Å². The zero-order chi connectivity index (χ0) is 30.4. The summed E-state index contributed by atoms with van der Waals surface area (Å²) in [5.41, 5.74) is -0.0167. The van der Waals surface area contributed by atoms with E-state index in [9.17, 15) is 18.0 Å². The fourth-order valence-electron chi connectivity index (χ4n) is 6.81. The van der Waals surface area contributed by atoms with Crippen LogP contribution in [0.4, 0.5) is 0 Å². The van der Waals surface area contributed by atoms with Crippen molar-refractivity contribution in [1.82, 2.24) is 10.0 Å². The highest BCUT2D eigenvalue weighted by atomic mass is 32.2. The predicted octanol–water partition coefficient (Wildman–Crippen LogP) is 3.27. The monoisotopic (exact) mass is 592 g/mol. The highest BCUT2D eigenvalue weighted by Crippen LogP contribution is 2.65. The molecule has 1 aliphatic heterocycles. The molecular formula is C29H45BN2O8S. The predicted molar refractivity (Wildman–Crippen MR) is 156 cm³/mol. The van der Waals surface area contributed by atoms with Gasteiger partial charge in [-0.3, -0.25) is 4.79 Å². The Morgan fingerprint density at radius 1 is 1.20 bits per heavy atom. The summed E-state index contributed by atoms with van der Waals surface area (Å²) in [5, 5.41) is 3.05. The summed E-state index contributed by atoms with van der Waals surface area (Å²) in [6.45, 7) is 12.1. The minimum Gasteiger partial charge on any atom is -0.496 e. The number of benzene rings is 1. The molecule has 5 rings (SSSR count). The first-order valence-corrected chi connectivity index (χ1v) is 16.1. The normalized spacial score (nSPS) is 27.4. The Morgan fingerprint density at radius 2 is 1.90 bits per heavy atom. The van der Waals surface area contributed by atoms with Crippen LogP contribution < -0.4 is 14.8 Å². The molecule has 5 atom stereocenters. The highest BCUT2D eigenvalue weighted by Gasteiger charge is 2.68. The number of rotatable bonds is 11. The van der Waals surface area contributed by atoms with Gasteiger partial charge in [0.05, 0.1) is 30.5 Å². The van der Waals surface area contributed by atoms with Crippen LogP contribution in [-0.4, -0.2) is 70.6 Å². The lowest BCUT2D eigenvalue weighted by Crippen LogP contribution is -2.65. The molecule has 10 nitrogen and oxygen atoms in total. The van der Waals surface area contributed by atoms with Crippen LogP contribution in [0.5, 0.6) is 5.75 Å². The molecule has 3 aliphatic carbocycles. The molecule has 2 N–H and O–H groups in total. The molecule has 1 saturated heterocycles. The molecule has 3 saturated carbocycles. The largest absolute Gasteiger partial charge is 0.496 e. The van der Waals surface area contributed by atoms with Crippen molar-refractivity contribution in [3.63, 3.8) is 0 Å². The Kier molecular flexibility index (Phi) is 8.92. The molecule has 4 aliphatic rings. The molecule has 0 spiro atoms. The molecule has 1 aromatic rings. The number of carbonyl (C=O) groups is 2. The Bertz CT molecular complexity index is 1260. The third-order valence-electron chi connectivity index (χ3n) is 9.13. The van der Waals surface area contributed by atoms with Crippen LogP contribution >= 0.6 is 0 Å². The fourth-order valence-corrected chi connectivity index (χ4v) is 7.54. The van der Waals surface area contributed by atoms with E-state index < -0.39 is 40.3 Å². The molecule has 0 aromatic heterocycles. The van der Waals surface area contributed by atoms with Gasteiger partial charge in [-0.25, -0.2) is 17.9 Å². The van der Waals surface area contributed by atoms with E-state index in [0.717, 1.165) is 12.8 Å². The lowest BCUT2D eigenvalue weighted by atomic mass is 9.43. The molecule has 4 fully saturated rings. The second-order valence-corrected chi connectivity index (χ2v) is 15.4. The lowest BCUT2D eigenvalue weighted by Gasteiger charge is -2.64. The molecule has 5 unspecified atom stereocenters. The van der Waals surface area contributed by atoms with Crippen molar-refractivity contribution in [3.05, 3.63) is 29.3 Å². The minimum absolute atomic E-state index is 0.0254. The maximum absolute atomic E-state index is 13.1. The van der Waals surface area contributed by atoms with Gasteiger partial charge >= 0.3 is 13.1 Å². The zero-order valence-electron chi connectivity index (χ0n) is 25.5. The molecule has 41 heavy (non-hydrogen) atoms. The molecule has 1 amide bonds. The number of sulfonamides is 1. The van der Waals surface area contributed by atoms with E-state index >= 15 is 0 Å². The first-order valence-electron chi connectivity index (χ1n) is 14.4. The van der Waals surface area contributed by atoms with Crippen LogP contribution in [0.2, 0.25) is 0 Å². The van der Waals surface area contributed by atoms with Crippen molar-refractivity contribution in [2.24, 2.45) is 17.3 Å². The van der Waals surface area contributed by atoms with Crippen molar-refractivity contribution in [3.8, 4) is 5.75 Å². The van der Waals surface area contributed by atoms with Crippen LogP contribution in [0.3, 0.4) is 0 Å². The zero-order valence-corrected chi connectivity index (χ0v) is 26.4. The lowest BCUT2D eigenvalue weighted by molar-refractivity contribution is -0.199. The summed E-state index contributed by atoms with van der Waals surface area (Å²) in [5.74, 6) is -0.281. The fraction of sp³-hybridized carbons (Fsp3) is 0.724. The number of ether oxygens (including phenoxy) is 2. The van der Waals surface area contributed by atoms with Crippen molar-refractivity contribution in [2.75, 3.05) is 19.9 Å². The summed E-state index contributed by atoms with van der Waals surface area (Å²) < 4.78 is 50.4. The summed E-state index contributed by atoms with van der Waals surface area (Å²) in [7, 11) is -1.29. The van der Waals surface area contributed by atoms with E-state index in [4.69, 9.17) is 18.8 Å². The number of carbonyl (C=O) groups excluding carboxylic acids is 2. The SMILES string of the molecule is CNS(=O)(=O)CCCC(=O)NC(Cc1cccc(C(=O)OC(C)(C)C)c1OC)B1OC2CC3CC(C3(C)C)C2(C)O1. The van der Waals surface area contributed by atoms with Gasteiger partial charge in [0.1, 0.15) is 16.9 Å². The molecular weight excluding hydrogens is 547 g/mol. The van der Waals surface area contributed by atoms with Crippen molar-refractivity contribution < 1.29 is 36.8 Å². The molecule has 1 aromatic carbocycles. The Hall–Kier alpha value is -2.15. The van der Waals surface area contributed by atoms with Crippen LogP contribution in [0.15, 0.2) is 18.2 Å². The van der Waals surface area contributed by atoms with Gasteiger partial charge < -0.3 is 24.1 Å². The summed E-state index contributed by atoms with van der Waals surface area (Å²) in [6.07, 6.45) is 2.38. The van der Waals surface area contributed by atoms with Crippen LogP contribution in [0, 0.1) is 17.3 Å². The van der Waals surface area contributed by atoms with Crippen LogP contribution in [0.25, 0.3) is 0 Å². The molecule has 228 valence electrons. The van der Waals surface area contributed by atoms with E-state index in [1.807, 2.05) is 6.07 Å². The van der Waals surface area contributed by atoms with Gasteiger partial charge in [0.25, 0.3) is 0 Å². The quantitative estimate of drug-likeness (QED) is 0.296. The maximum atomic E-state index is 13.1. The Labute approximate surface area is 244 Å². The molecule has 0 radical (unpaired) electrons. The van der Waals surface area contributed by atoms with Gasteiger partial charge in [-0.15, -0.1) is 0 Å². The van der Waals surface area contributed by atoms with Crippen molar-refractivity contribution in [2.45, 2.75) is 96.9 Å². The van der Waals surface area contributed by atoms with Crippen LogP contribution in [0.1, 0.15) is 83.1 Å². The Balaban J connectivity index is 1.58. The number of hydrogen-bond acceptors (Lipinski definition) is 8. The number of para-hydroxylation sites is 1. The van der Waals surface area contributed by atoms with E-state index in [1.54, 1.807) is 32.9 Å². The molecule has 1 heterocycles. The van der Waals surface area contributed by atoms with Gasteiger partial charge in [-0.05, 0) is 89.3 Å². The van der Waals surface area contributed by atoms with E-state index in [-0.39, 0.29) is 42.4 Å². The summed E-state index contributed by atoms with van der Waals surface area (Å²) in [4.78, 5) is 26.1. The third kappa shape index (κ3) is 6.60. The first-order chi connectivity index (χ1) is 19.0. The summed E-state index contributed by atoms with van der Waals surface area (Å²) >= 11 is 0. The topological polar surface area (TPSA) is 129 Å². The average Bonchev–Trinajstić information content (AvgIpc) is 3.24. The van der Waals surface area contributed by atoms with Crippen molar-refractivity contribution >= 4 is 29.0 Å². The number of amides is 1. The van der Waals surface area contributed by atoms with E-state index in [1.165, 1.54) is 14.2 Å². The Morgan fingerprint density at radius 3 is 2.51 bits per heavy atom. The van der Waals surface area contributed by atoms with E-state index in [0.29, 0.717) is 28.7 Å². The second-order valence-electron chi connectivity index (χ2n) is 13.3. The number of esters is 1. The van der Waals surface area contributed by atoms with Gasteiger partial charge in [0.2, 0.25) is 15.9 Å². The summed E-state index contributed by atoms with van der Waals surface area (Å²) in [6, 6.07) is 5.25. The van der Waals surface area contributed by atoms with Gasteiger partial charge in [0, 0.05) is 6.42 Å². The second kappa shape index (κ2) is 11.5. The van der Waals surface area contributed by atoms with Crippen LogP contribution in [-0.2, 0) is 35.3 Å². The number of methoxy groups -OCH3 is 1. The van der Waals surface area contributed by atoms with Crippen molar-refractivity contribution in [1.29, 1.82) is 0 Å². The first kappa shape index (κ1) is 31.8. The maximum Gasteiger partial charge on any atom is 0.482 e. The molecule has 12 heteroatoms. The third-order valence-corrected chi connectivity index (χ3v) is 10.6. The van der Waals surface area contributed by atoms with Gasteiger partial charge in [-0.2, -0.15) is 0 Å². The average molecular weight is 593 g/mol. The molecule has 2 bridgehead atoms. The standard InChI is InChI=1S/C29H45BN2O8S/c1-27(2,3)38-26(34)20-12-9-11-18(25(20)37-8)15-23(32-24(33)13-10-14-41(35,36)31-7)30-39-22-17-19-16-21(28(19,4)5)29(22,6)40-30/h9,11-12,19,21-23,31H,10,13-17H2,1-8H3,(H,32,33). The highest BCUT2D eigenvalue weighted by molar-refractivity contribution is 7.89. The van der Waals surface area contributed by atoms with Gasteiger partial charge in [0.15, 0.2) is 0 Å². The number of hydrogen-bond donors (Lipinski definition) is 2. The number of nitrogens with one attached hydrogen (secondary N) is 2. The van der Waals surface area contributed by atoms with Gasteiger partial charge in [-0.1, -0.05) is 26.0 Å². The minimum atomic E-state index is -3.42.